The third-order valence-corrected chi connectivity index (χ3v) is 5.18. The van der Waals surface area contributed by atoms with Gasteiger partial charge in [-0.05, 0) is 31.2 Å². The quantitative estimate of drug-likeness (QED) is 0.763. The summed E-state index contributed by atoms with van der Waals surface area (Å²) in [7, 11) is -3.52. The molecule has 2 aromatic carbocycles. The fraction of sp³-hybridized carbons (Fsp3) is 0.125. The number of nitrogens with zero attached hydrogens (tertiary/aromatic N) is 1. The predicted molar refractivity (Wildman–Crippen MR) is 86.7 cm³/mol. The molecule has 0 saturated carbocycles. The van der Waals surface area contributed by atoms with Gasteiger partial charge in [0.1, 0.15) is 17.1 Å². The lowest BCUT2D eigenvalue weighted by Crippen LogP contribution is -2.11. The number of imidazole rings is 1. The van der Waals surface area contributed by atoms with Crippen molar-refractivity contribution < 1.29 is 13.2 Å². The molecule has 0 unspecified atom stereocenters. The van der Waals surface area contributed by atoms with E-state index < -0.39 is 15.7 Å². The number of aryl methyl sites for hydroxylation is 1. The van der Waals surface area contributed by atoms with Crippen LogP contribution in [0.1, 0.15) is 21.7 Å². The summed E-state index contributed by atoms with van der Waals surface area (Å²) in [5, 5.41) is 0. The van der Waals surface area contributed by atoms with E-state index in [1.165, 1.54) is 0 Å². The first-order valence-corrected chi connectivity index (χ1v) is 8.59. The van der Waals surface area contributed by atoms with Crippen LogP contribution in [-0.4, -0.2) is 24.3 Å². The molecule has 118 valence electrons. The second-order valence-corrected chi connectivity index (χ2v) is 7.31. The number of carbonyl (C=O) groups excluding carboxylic acids is 1. The average molecular weight is 329 g/mol. The number of sulfone groups is 1. The largest absolute Gasteiger partial charge is 0.366 e. The Kier molecular flexibility index (Phi) is 3.65. The molecule has 0 atom stereocenters. The number of H-pyrrole nitrogens is 1. The zero-order valence-electron chi connectivity index (χ0n) is 12.4. The molecule has 0 aliphatic carbocycles. The highest BCUT2D eigenvalue weighted by molar-refractivity contribution is 7.90. The second-order valence-electron chi connectivity index (χ2n) is 5.32. The summed E-state index contributed by atoms with van der Waals surface area (Å²) in [5.74, 6) is -0.604. The number of primary amides is 1. The smallest absolute Gasteiger partial charge is 0.250 e. The van der Waals surface area contributed by atoms with Gasteiger partial charge in [0.05, 0.1) is 16.0 Å². The van der Waals surface area contributed by atoms with Crippen LogP contribution in [0.5, 0.6) is 0 Å². The van der Waals surface area contributed by atoms with E-state index in [1.54, 1.807) is 42.5 Å². The van der Waals surface area contributed by atoms with E-state index in [1.807, 2.05) is 6.92 Å². The summed E-state index contributed by atoms with van der Waals surface area (Å²) < 4.78 is 24.9. The topological polar surface area (TPSA) is 106 Å². The van der Waals surface area contributed by atoms with Gasteiger partial charge in [-0.1, -0.05) is 23.8 Å². The monoisotopic (exact) mass is 329 g/mol. The summed E-state index contributed by atoms with van der Waals surface area (Å²) in [6.45, 7) is 1.89. The lowest BCUT2D eigenvalue weighted by molar-refractivity contribution is 0.100. The lowest BCUT2D eigenvalue weighted by atomic mass is 10.2. The SMILES string of the molecule is Cc1ccc(S(=O)(=O)Cc2nc3c(C(N)=O)cccc3[nH]2)cc1. The summed E-state index contributed by atoms with van der Waals surface area (Å²) >= 11 is 0. The zero-order valence-corrected chi connectivity index (χ0v) is 13.2. The maximum absolute atomic E-state index is 12.5. The standard InChI is InChI=1S/C16H15N3O3S/c1-10-5-7-11(8-6-10)23(21,22)9-14-18-13-4-2-3-12(16(17)20)15(13)19-14/h2-8H,9H2,1H3,(H2,17,20)(H,18,19). The van der Waals surface area contributed by atoms with Crippen LogP contribution in [0, 0.1) is 6.92 Å². The first-order chi connectivity index (χ1) is 10.9. The first-order valence-electron chi connectivity index (χ1n) is 6.94. The maximum atomic E-state index is 12.5. The number of hydrogen-bond donors (Lipinski definition) is 2. The minimum atomic E-state index is -3.52. The molecule has 0 radical (unpaired) electrons. The lowest BCUT2D eigenvalue weighted by Gasteiger charge is -2.02. The Morgan fingerprint density at radius 3 is 2.52 bits per heavy atom. The van der Waals surface area contributed by atoms with E-state index in [0.717, 1.165) is 5.56 Å². The van der Waals surface area contributed by atoms with Gasteiger partial charge in [-0.3, -0.25) is 4.79 Å². The van der Waals surface area contributed by atoms with Crippen molar-refractivity contribution >= 4 is 26.8 Å². The molecular formula is C16H15N3O3S. The van der Waals surface area contributed by atoms with Gasteiger partial charge in [0.2, 0.25) is 0 Å². The highest BCUT2D eigenvalue weighted by Gasteiger charge is 2.19. The summed E-state index contributed by atoms with van der Waals surface area (Å²) in [6.07, 6.45) is 0. The van der Waals surface area contributed by atoms with Crippen LogP contribution >= 0.6 is 0 Å². The molecule has 0 bridgehead atoms. The number of aromatic nitrogens is 2. The molecule has 0 aliphatic rings. The van der Waals surface area contributed by atoms with Gasteiger partial charge >= 0.3 is 0 Å². The number of aromatic amines is 1. The third kappa shape index (κ3) is 2.95. The second kappa shape index (κ2) is 5.51. The van der Waals surface area contributed by atoms with Gasteiger partial charge in [-0.15, -0.1) is 0 Å². The van der Waals surface area contributed by atoms with Crippen molar-refractivity contribution in [2.75, 3.05) is 0 Å². The minimum absolute atomic E-state index is 0.235. The van der Waals surface area contributed by atoms with Crippen LogP contribution in [0.15, 0.2) is 47.4 Å². The number of para-hydroxylation sites is 1. The first kappa shape index (κ1) is 15.2. The molecule has 23 heavy (non-hydrogen) atoms. The Morgan fingerprint density at radius 1 is 1.17 bits per heavy atom. The summed E-state index contributed by atoms with van der Waals surface area (Å²) in [4.78, 5) is 18.8. The molecule has 6 nitrogen and oxygen atoms in total. The summed E-state index contributed by atoms with van der Waals surface area (Å²) in [6, 6.07) is 11.6. The molecule has 0 aliphatic heterocycles. The zero-order chi connectivity index (χ0) is 16.6. The van der Waals surface area contributed by atoms with Crippen LogP contribution < -0.4 is 5.73 Å². The van der Waals surface area contributed by atoms with Crippen molar-refractivity contribution in [3.63, 3.8) is 0 Å². The van der Waals surface area contributed by atoms with Crippen LogP contribution in [-0.2, 0) is 15.6 Å². The van der Waals surface area contributed by atoms with E-state index in [-0.39, 0.29) is 22.0 Å². The molecule has 3 N–H and O–H groups in total. The fourth-order valence-corrected chi connectivity index (χ4v) is 3.57. The number of carbonyl (C=O) groups is 1. The average Bonchev–Trinajstić information content (AvgIpc) is 2.88. The number of hydrogen-bond acceptors (Lipinski definition) is 4. The van der Waals surface area contributed by atoms with Crippen molar-refractivity contribution in [2.45, 2.75) is 17.6 Å². The van der Waals surface area contributed by atoms with Gasteiger partial charge in [-0.25, -0.2) is 13.4 Å². The molecule has 1 heterocycles. The Hall–Kier alpha value is -2.67. The number of rotatable bonds is 4. The highest BCUT2D eigenvalue weighted by atomic mass is 32.2. The third-order valence-electron chi connectivity index (χ3n) is 3.53. The van der Waals surface area contributed by atoms with Gasteiger partial charge < -0.3 is 10.7 Å². The van der Waals surface area contributed by atoms with E-state index in [9.17, 15) is 13.2 Å². The molecule has 3 rings (SSSR count). The number of fused-ring (bicyclic) bond motifs is 1. The van der Waals surface area contributed by atoms with Crippen molar-refractivity contribution in [3.05, 3.63) is 59.4 Å². The molecule has 1 amide bonds. The van der Waals surface area contributed by atoms with Gasteiger partial charge in [-0.2, -0.15) is 0 Å². The van der Waals surface area contributed by atoms with E-state index in [4.69, 9.17) is 5.73 Å². The minimum Gasteiger partial charge on any atom is -0.366 e. The summed E-state index contributed by atoms with van der Waals surface area (Å²) in [5.41, 5.74) is 7.52. The van der Waals surface area contributed by atoms with Crippen LogP contribution in [0.3, 0.4) is 0 Å². The molecule has 1 aromatic heterocycles. The van der Waals surface area contributed by atoms with Crippen LogP contribution in [0.2, 0.25) is 0 Å². The predicted octanol–water partition coefficient (Wildman–Crippen LogP) is 1.94. The highest BCUT2D eigenvalue weighted by Crippen LogP contribution is 2.20. The van der Waals surface area contributed by atoms with Crippen molar-refractivity contribution in [2.24, 2.45) is 5.73 Å². The number of amides is 1. The number of nitrogens with one attached hydrogen (secondary N) is 1. The molecule has 3 aromatic rings. The van der Waals surface area contributed by atoms with Crippen molar-refractivity contribution in [3.8, 4) is 0 Å². The number of benzene rings is 2. The maximum Gasteiger partial charge on any atom is 0.250 e. The van der Waals surface area contributed by atoms with Crippen molar-refractivity contribution in [1.29, 1.82) is 0 Å². The van der Waals surface area contributed by atoms with E-state index in [0.29, 0.717) is 11.0 Å². The molecule has 7 heteroatoms. The van der Waals surface area contributed by atoms with Gasteiger partial charge in [0.15, 0.2) is 9.84 Å². The van der Waals surface area contributed by atoms with E-state index >= 15 is 0 Å². The van der Waals surface area contributed by atoms with Crippen LogP contribution in [0.4, 0.5) is 0 Å². The number of nitrogens with two attached hydrogens (primary N) is 1. The molecule has 0 spiro atoms. The normalized spacial score (nSPS) is 11.7. The Bertz CT molecular complexity index is 989. The van der Waals surface area contributed by atoms with Gasteiger partial charge in [0, 0.05) is 0 Å². The Morgan fingerprint density at radius 2 is 1.87 bits per heavy atom. The Labute approximate surface area is 133 Å². The van der Waals surface area contributed by atoms with Gasteiger partial charge in [0.25, 0.3) is 5.91 Å². The fourth-order valence-electron chi connectivity index (χ4n) is 2.36. The van der Waals surface area contributed by atoms with E-state index in [2.05, 4.69) is 9.97 Å². The van der Waals surface area contributed by atoms with Crippen molar-refractivity contribution in [1.82, 2.24) is 9.97 Å². The molecule has 0 saturated heterocycles. The Balaban J connectivity index is 2.00. The molecular weight excluding hydrogens is 314 g/mol. The molecule has 0 fully saturated rings. The van der Waals surface area contributed by atoms with Crippen LogP contribution in [0.25, 0.3) is 11.0 Å².